The molecule has 108 valence electrons. The van der Waals surface area contributed by atoms with Gasteiger partial charge in [-0.05, 0) is 37.6 Å². The van der Waals surface area contributed by atoms with E-state index in [4.69, 9.17) is 11.6 Å². The van der Waals surface area contributed by atoms with Gasteiger partial charge in [0.05, 0.1) is 6.20 Å². The molecule has 0 aliphatic rings. The average molecular weight is 303 g/mol. The van der Waals surface area contributed by atoms with Gasteiger partial charge < -0.3 is 9.88 Å². The van der Waals surface area contributed by atoms with Crippen molar-refractivity contribution in [1.29, 1.82) is 0 Å². The van der Waals surface area contributed by atoms with Crippen LogP contribution in [0.15, 0.2) is 30.5 Å². The molecule has 6 heteroatoms. The lowest BCUT2D eigenvalue weighted by Crippen LogP contribution is -2.18. The zero-order chi connectivity index (χ0) is 15.0. The lowest BCUT2D eigenvalue weighted by Gasteiger charge is -2.08. The van der Waals surface area contributed by atoms with Crippen LogP contribution in [0.3, 0.4) is 0 Å². The van der Waals surface area contributed by atoms with Crippen LogP contribution in [0.5, 0.6) is 0 Å². The van der Waals surface area contributed by atoms with Crippen LogP contribution in [-0.2, 0) is 6.54 Å². The maximum atomic E-state index is 12.6. The fourth-order valence-electron chi connectivity index (χ4n) is 2.62. The van der Waals surface area contributed by atoms with Crippen LogP contribution < -0.4 is 5.32 Å². The number of nitrogens with zero attached hydrogens (tertiary/aromatic N) is 2. The van der Waals surface area contributed by atoms with E-state index < -0.39 is 0 Å². The van der Waals surface area contributed by atoms with Gasteiger partial charge in [-0.3, -0.25) is 9.89 Å². The molecule has 3 rings (SSSR count). The third kappa shape index (κ3) is 2.29. The summed E-state index contributed by atoms with van der Waals surface area (Å²) in [6.45, 7) is 4.66. The highest BCUT2D eigenvalue weighted by molar-refractivity contribution is 6.31. The minimum absolute atomic E-state index is 0.161. The molecule has 0 unspecified atom stereocenters. The highest BCUT2D eigenvalue weighted by Gasteiger charge is 2.20. The van der Waals surface area contributed by atoms with Crippen LogP contribution in [0.4, 0.5) is 5.82 Å². The molecule has 0 spiro atoms. The summed E-state index contributed by atoms with van der Waals surface area (Å²) in [5.41, 5.74) is 2.57. The number of hydrogen-bond acceptors (Lipinski definition) is 2. The summed E-state index contributed by atoms with van der Waals surface area (Å²) >= 11 is 6.07. The molecule has 0 radical (unpaired) electrons. The van der Waals surface area contributed by atoms with Crippen molar-refractivity contribution < 1.29 is 4.79 Å². The predicted molar refractivity (Wildman–Crippen MR) is 83.9 cm³/mol. The van der Waals surface area contributed by atoms with Gasteiger partial charge in [0.2, 0.25) is 0 Å². The van der Waals surface area contributed by atoms with Crippen molar-refractivity contribution in [2.45, 2.75) is 20.4 Å². The number of aryl methyl sites for hydroxylation is 2. The van der Waals surface area contributed by atoms with Crippen LogP contribution in [0.25, 0.3) is 10.9 Å². The first-order valence-electron chi connectivity index (χ1n) is 6.71. The van der Waals surface area contributed by atoms with Crippen molar-refractivity contribution in [3.63, 3.8) is 0 Å². The number of fused-ring (bicyclic) bond motifs is 1. The largest absolute Gasteiger partial charge is 0.337 e. The zero-order valence-corrected chi connectivity index (χ0v) is 12.5. The molecule has 21 heavy (non-hydrogen) atoms. The SMILES string of the molecule is CCn1c(C(=O)Nc2ccn[nH]2)c(C)c2cc(Cl)ccc21. The normalized spacial score (nSPS) is 11.0. The minimum Gasteiger partial charge on any atom is -0.337 e. The van der Waals surface area contributed by atoms with Crippen molar-refractivity contribution in [3.8, 4) is 0 Å². The quantitative estimate of drug-likeness (QED) is 0.776. The van der Waals surface area contributed by atoms with Crippen LogP contribution in [0.1, 0.15) is 23.0 Å². The van der Waals surface area contributed by atoms with Crippen molar-refractivity contribution in [3.05, 3.63) is 46.7 Å². The van der Waals surface area contributed by atoms with Crippen molar-refractivity contribution >= 4 is 34.2 Å². The zero-order valence-electron chi connectivity index (χ0n) is 11.8. The highest BCUT2D eigenvalue weighted by atomic mass is 35.5. The van der Waals surface area contributed by atoms with Crippen LogP contribution in [-0.4, -0.2) is 20.7 Å². The van der Waals surface area contributed by atoms with E-state index in [1.54, 1.807) is 12.3 Å². The molecule has 0 aliphatic carbocycles. The minimum atomic E-state index is -0.161. The number of hydrogen-bond donors (Lipinski definition) is 2. The lowest BCUT2D eigenvalue weighted by atomic mass is 10.1. The Bertz CT molecular complexity index is 805. The van der Waals surface area contributed by atoms with Crippen LogP contribution in [0.2, 0.25) is 5.02 Å². The number of benzene rings is 1. The van der Waals surface area contributed by atoms with E-state index in [0.717, 1.165) is 16.5 Å². The first kappa shape index (κ1) is 13.7. The number of carbonyl (C=O) groups excluding carboxylic acids is 1. The van der Waals surface area contributed by atoms with Crippen LogP contribution >= 0.6 is 11.6 Å². The third-order valence-corrected chi connectivity index (χ3v) is 3.79. The van der Waals surface area contributed by atoms with Gasteiger partial charge in [-0.2, -0.15) is 5.10 Å². The molecular weight excluding hydrogens is 288 g/mol. The van der Waals surface area contributed by atoms with E-state index >= 15 is 0 Å². The number of nitrogens with one attached hydrogen (secondary N) is 2. The van der Waals surface area contributed by atoms with Crippen molar-refractivity contribution in [2.24, 2.45) is 0 Å². The lowest BCUT2D eigenvalue weighted by molar-refractivity contribution is 0.101. The number of aromatic nitrogens is 3. The number of carbonyl (C=O) groups is 1. The molecule has 2 heterocycles. The second-order valence-corrected chi connectivity index (χ2v) is 5.24. The van der Waals surface area contributed by atoms with Gasteiger partial charge in [0.1, 0.15) is 11.5 Å². The second-order valence-electron chi connectivity index (χ2n) is 4.80. The Morgan fingerprint density at radius 2 is 2.24 bits per heavy atom. The molecule has 2 aromatic heterocycles. The molecular formula is C15H15ClN4O. The smallest absolute Gasteiger partial charge is 0.273 e. The van der Waals surface area contributed by atoms with Gasteiger partial charge in [-0.25, -0.2) is 0 Å². The second kappa shape index (κ2) is 5.26. The Morgan fingerprint density at radius 3 is 2.90 bits per heavy atom. The fourth-order valence-corrected chi connectivity index (χ4v) is 2.79. The molecule has 0 bridgehead atoms. The Morgan fingerprint density at radius 1 is 1.43 bits per heavy atom. The van der Waals surface area contributed by atoms with E-state index in [9.17, 15) is 4.79 Å². The number of anilines is 1. The standard InChI is InChI=1S/C15H15ClN4O/c1-3-20-12-5-4-10(16)8-11(12)9(2)14(20)15(21)18-13-6-7-17-19-13/h4-8H,3H2,1-2H3,(H2,17,18,19,21). The highest BCUT2D eigenvalue weighted by Crippen LogP contribution is 2.28. The first-order valence-corrected chi connectivity index (χ1v) is 7.08. The predicted octanol–water partition coefficient (Wildman–Crippen LogP) is 3.60. The van der Waals surface area contributed by atoms with Gasteiger partial charge in [-0.15, -0.1) is 0 Å². The molecule has 0 saturated carbocycles. The number of aromatic amines is 1. The molecule has 0 saturated heterocycles. The van der Waals surface area contributed by atoms with E-state index in [0.29, 0.717) is 23.1 Å². The van der Waals surface area contributed by atoms with E-state index in [-0.39, 0.29) is 5.91 Å². The molecule has 5 nitrogen and oxygen atoms in total. The topological polar surface area (TPSA) is 62.7 Å². The third-order valence-electron chi connectivity index (χ3n) is 3.56. The molecule has 0 atom stereocenters. The first-order chi connectivity index (χ1) is 10.1. The van der Waals surface area contributed by atoms with Gasteiger partial charge >= 0.3 is 0 Å². The van der Waals surface area contributed by atoms with E-state index in [1.807, 2.05) is 36.6 Å². The number of rotatable bonds is 3. The number of H-pyrrole nitrogens is 1. The summed E-state index contributed by atoms with van der Waals surface area (Å²) in [4.78, 5) is 12.6. The Hall–Kier alpha value is -2.27. The van der Waals surface area contributed by atoms with Crippen molar-refractivity contribution in [1.82, 2.24) is 14.8 Å². The van der Waals surface area contributed by atoms with Gasteiger partial charge in [0, 0.05) is 28.5 Å². The summed E-state index contributed by atoms with van der Waals surface area (Å²) < 4.78 is 1.99. The molecule has 1 aromatic carbocycles. The summed E-state index contributed by atoms with van der Waals surface area (Å²) in [5, 5.41) is 11.0. The Balaban J connectivity index is 2.12. The van der Waals surface area contributed by atoms with E-state index in [1.165, 1.54) is 0 Å². The molecule has 0 fully saturated rings. The average Bonchev–Trinajstić information content (AvgIpc) is 3.05. The molecule has 2 N–H and O–H groups in total. The Labute approximate surface area is 126 Å². The molecule has 1 amide bonds. The van der Waals surface area contributed by atoms with Crippen LogP contribution in [0, 0.1) is 6.92 Å². The summed E-state index contributed by atoms with van der Waals surface area (Å²) in [5.74, 6) is 0.413. The van der Waals surface area contributed by atoms with Gasteiger partial charge in [-0.1, -0.05) is 11.6 Å². The molecule has 3 aromatic rings. The number of halogens is 1. The number of amides is 1. The summed E-state index contributed by atoms with van der Waals surface area (Å²) in [6.07, 6.45) is 1.59. The van der Waals surface area contributed by atoms with Gasteiger partial charge in [0.15, 0.2) is 0 Å². The fraction of sp³-hybridized carbons (Fsp3) is 0.200. The summed E-state index contributed by atoms with van der Waals surface area (Å²) in [6, 6.07) is 7.39. The molecule has 0 aliphatic heterocycles. The summed E-state index contributed by atoms with van der Waals surface area (Å²) in [7, 11) is 0. The maximum Gasteiger partial charge on any atom is 0.273 e. The van der Waals surface area contributed by atoms with E-state index in [2.05, 4.69) is 15.5 Å². The van der Waals surface area contributed by atoms with Crippen molar-refractivity contribution in [2.75, 3.05) is 5.32 Å². The van der Waals surface area contributed by atoms with Gasteiger partial charge in [0.25, 0.3) is 5.91 Å². The Kier molecular flexibility index (Phi) is 3.43. The monoisotopic (exact) mass is 302 g/mol. The maximum absolute atomic E-state index is 12.6.